The minimum absolute atomic E-state index is 0.252. The van der Waals surface area contributed by atoms with Gasteiger partial charge in [0.2, 0.25) is 0 Å². The number of hydrogen-bond acceptors (Lipinski definition) is 4. The van der Waals surface area contributed by atoms with Crippen LogP contribution in [0.1, 0.15) is 6.92 Å². The highest BCUT2D eigenvalue weighted by Gasteiger charge is 2.18. The van der Waals surface area contributed by atoms with Gasteiger partial charge in [0.15, 0.2) is 12.7 Å². The van der Waals surface area contributed by atoms with E-state index in [2.05, 4.69) is 5.32 Å². The van der Waals surface area contributed by atoms with Crippen molar-refractivity contribution in [1.82, 2.24) is 0 Å². The van der Waals surface area contributed by atoms with Crippen LogP contribution in [-0.4, -0.2) is 24.6 Å². The molecule has 0 heterocycles. The van der Waals surface area contributed by atoms with Crippen molar-refractivity contribution in [1.29, 1.82) is 0 Å². The molecule has 1 amide bonds. The van der Waals surface area contributed by atoms with E-state index in [0.717, 1.165) is 10.8 Å². The van der Waals surface area contributed by atoms with Crippen LogP contribution in [0.4, 0.5) is 5.69 Å². The number of para-hydroxylation sites is 1. The van der Waals surface area contributed by atoms with E-state index in [-0.39, 0.29) is 6.61 Å². The molecule has 132 valence electrons. The number of amides is 1. The molecule has 0 bridgehead atoms. The Balaban J connectivity index is 1.52. The zero-order valence-corrected chi connectivity index (χ0v) is 14.3. The number of fused-ring (bicyclic) bond motifs is 1. The van der Waals surface area contributed by atoms with Gasteiger partial charge < -0.3 is 14.8 Å². The predicted molar refractivity (Wildman–Crippen MR) is 100 cm³/mol. The highest BCUT2D eigenvalue weighted by molar-refractivity contribution is 5.97. The molecule has 0 aliphatic heterocycles. The van der Waals surface area contributed by atoms with Crippen LogP contribution in [0.15, 0.2) is 72.8 Å². The molecule has 0 radical (unpaired) electrons. The molecule has 0 aromatic heterocycles. The van der Waals surface area contributed by atoms with Gasteiger partial charge in [-0.2, -0.15) is 0 Å². The quantitative estimate of drug-likeness (QED) is 0.688. The summed E-state index contributed by atoms with van der Waals surface area (Å²) in [5, 5.41) is 4.86. The summed E-state index contributed by atoms with van der Waals surface area (Å²) in [6.45, 7) is 1.27. The Bertz CT molecular complexity index is 908. The van der Waals surface area contributed by atoms with Crippen LogP contribution in [0, 0.1) is 0 Å². The molecule has 26 heavy (non-hydrogen) atoms. The summed E-state index contributed by atoms with van der Waals surface area (Å²) in [5.74, 6) is -0.430. The van der Waals surface area contributed by atoms with Gasteiger partial charge >= 0.3 is 5.97 Å². The molecule has 0 fully saturated rings. The van der Waals surface area contributed by atoms with E-state index in [1.165, 1.54) is 6.92 Å². The SMILES string of the molecule is C[C@@H](OC(=O)COc1ccccc1)C(=O)Nc1ccc2ccccc2c1. The minimum Gasteiger partial charge on any atom is -0.482 e. The number of esters is 1. The van der Waals surface area contributed by atoms with E-state index in [4.69, 9.17) is 9.47 Å². The van der Waals surface area contributed by atoms with Crippen LogP contribution in [0.5, 0.6) is 5.75 Å². The Morgan fingerprint density at radius 3 is 2.38 bits per heavy atom. The van der Waals surface area contributed by atoms with Crippen LogP contribution in [0.25, 0.3) is 10.8 Å². The summed E-state index contributed by atoms with van der Waals surface area (Å²) in [6.07, 6.45) is -0.923. The molecule has 0 unspecified atom stereocenters. The second kappa shape index (κ2) is 8.16. The van der Waals surface area contributed by atoms with Crippen LogP contribution < -0.4 is 10.1 Å². The van der Waals surface area contributed by atoms with Crippen molar-refractivity contribution in [2.24, 2.45) is 0 Å². The van der Waals surface area contributed by atoms with Gasteiger partial charge in [-0.25, -0.2) is 4.79 Å². The molecule has 3 aromatic carbocycles. The van der Waals surface area contributed by atoms with Crippen molar-refractivity contribution < 1.29 is 19.1 Å². The molecule has 1 atom stereocenters. The average molecular weight is 349 g/mol. The molecule has 0 spiro atoms. The Morgan fingerprint density at radius 1 is 0.923 bits per heavy atom. The molecule has 3 aromatic rings. The topological polar surface area (TPSA) is 64.6 Å². The van der Waals surface area contributed by atoms with E-state index < -0.39 is 18.0 Å². The summed E-state index contributed by atoms with van der Waals surface area (Å²) >= 11 is 0. The Morgan fingerprint density at radius 2 is 1.62 bits per heavy atom. The summed E-state index contributed by atoms with van der Waals surface area (Å²) in [4.78, 5) is 24.1. The van der Waals surface area contributed by atoms with Crippen molar-refractivity contribution in [2.75, 3.05) is 11.9 Å². The molecule has 1 N–H and O–H groups in total. The fourth-order valence-electron chi connectivity index (χ4n) is 2.45. The van der Waals surface area contributed by atoms with Gasteiger partial charge in [-0.1, -0.05) is 48.5 Å². The Kier molecular flexibility index (Phi) is 5.49. The Hall–Kier alpha value is -3.34. The lowest BCUT2D eigenvalue weighted by atomic mass is 10.1. The second-order valence-electron chi connectivity index (χ2n) is 5.78. The molecule has 0 aliphatic carbocycles. The van der Waals surface area contributed by atoms with Crippen LogP contribution in [0.2, 0.25) is 0 Å². The van der Waals surface area contributed by atoms with Crippen LogP contribution in [0.3, 0.4) is 0 Å². The first kappa shape index (κ1) is 17.5. The summed E-state index contributed by atoms with van der Waals surface area (Å²) in [6, 6.07) is 22.4. The molecule has 5 nitrogen and oxygen atoms in total. The van der Waals surface area contributed by atoms with Gasteiger partial charge in [0.25, 0.3) is 5.91 Å². The maximum Gasteiger partial charge on any atom is 0.344 e. The third-order valence-electron chi connectivity index (χ3n) is 3.79. The number of nitrogens with one attached hydrogen (secondary N) is 1. The maximum absolute atomic E-state index is 12.2. The zero-order chi connectivity index (χ0) is 18.4. The van der Waals surface area contributed by atoms with Gasteiger partial charge in [-0.15, -0.1) is 0 Å². The average Bonchev–Trinajstić information content (AvgIpc) is 2.67. The number of anilines is 1. The predicted octanol–water partition coefficient (Wildman–Crippen LogP) is 3.79. The second-order valence-corrected chi connectivity index (χ2v) is 5.78. The van der Waals surface area contributed by atoms with E-state index in [1.54, 1.807) is 24.3 Å². The van der Waals surface area contributed by atoms with Crippen molar-refractivity contribution in [2.45, 2.75) is 13.0 Å². The van der Waals surface area contributed by atoms with Gasteiger partial charge in [0.1, 0.15) is 5.75 Å². The standard InChI is InChI=1S/C21H19NO4/c1-15(26-20(23)14-25-19-9-3-2-4-10-19)21(24)22-18-12-11-16-7-5-6-8-17(16)13-18/h2-13,15H,14H2,1H3,(H,22,24)/t15-/m1/s1. The number of carbonyl (C=O) groups is 2. The molecule has 5 heteroatoms. The lowest BCUT2D eigenvalue weighted by Gasteiger charge is -2.14. The molecular formula is C21H19NO4. The minimum atomic E-state index is -0.923. The number of carbonyl (C=O) groups excluding carboxylic acids is 2. The highest BCUT2D eigenvalue weighted by atomic mass is 16.6. The normalized spacial score (nSPS) is 11.6. The van der Waals surface area contributed by atoms with E-state index in [0.29, 0.717) is 11.4 Å². The van der Waals surface area contributed by atoms with Gasteiger partial charge in [-0.3, -0.25) is 4.79 Å². The van der Waals surface area contributed by atoms with Crippen molar-refractivity contribution >= 4 is 28.3 Å². The molecular weight excluding hydrogens is 330 g/mol. The zero-order valence-electron chi connectivity index (χ0n) is 14.3. The number of hydrogen-bond donors (Lipinski definition) is 1. The first-order valence-corrected chi connectivity index (χ1v) is 8.29. The van der Waals surface area contributed by atoms with Crippen LogP contribution in [-0.2, 0) is 14.3 Å². The summed E-state index contributed by atoms with van der Waals surface area (Å²) < 4.78 is 10.4. The molecule has 0 aliphatic rings. The smallest absolute Gasteiger partial charge is 0.344 e. The van der Waals surface area contributed by atoms with Gasteiger partial charge in [-0.05, 0) is 42.0 Å². The first-order chi connectivity index (χ1) is 12.6. The van der Waals surface area contributed by atoms with Crippen LogP contribution >= 0.6 is 0 Å². The van der Waals surface area contributed by atoms with E-state index in [9.17, 15) is 9.59 Å². The van der Waals surface area contributed by atoms with Gasteiger partial charge in [0, 0.05) is 5.69 Å². The van der Waals surface area contributed by atoms with Crippen molar-refractivity contribution in [3.8, 4) is 5.75 Å². The Labute approximate surface area is 151 Å². The van der Waals surface area contributed by atoms with E-state index in [1.807, 2.05) is 48.5 Å². The first-order valence-electron chi connectivity index (χ1n) is 8.29. The maximum atomic E-state index is 12.2. The largest absolute Gasteiger partial charge is 0.482 e. The fraction of sp³-hybridized carbons (Fsp3) is 0.143. The number of ether oxygens (including phenoxy) is 2. The van der Waals surface area contributed by atoms with E-state index >= 15 is 0 Å². The fourth-order valence-corrected chi connectivity index (χ4v) is 2.45. The molecule has 3 rings (SSSR count). The van der Waals surface area contributed by atoms with Gasteiger partial charge in [0.05, 0.1) is 0 Å². The molecule has 0 saturated heterocycles. The lowest BCUT2D eigenvalue weighted by molar-refractivity contribution is -0.155. The lowest BCUT2D eigenvalue weighted by Crippen LogP contribution is -2.31. The van der Waals surface area contributed by atoms with Crippen molar-refractivity contribution in [3.63, 3.8) is 0 Å². The summed E-state index contributed by atoms with van der Waals surface area (Å²) in [7, 11) is 0. The third kappa shape index (κ3) is 4.60. The van der Waals surface area contributed by atoms with Crippen molar-refractivity contribution in [3.05, 3.63) is 72.8 Å². The highest BCUT2D eigenvalue weighted by Crippen LogP contribution is 2.19. The molecule has 0 saturated carbocycles. The third-order valence-corrected chi connectivity index (χ3v) is 3.79. The monoisotopic (exact) mass is 349 g/mol. The summed E-state index contributed by atoms with van der Waals surface area (Å²) in [5.41, 5.74) is 0.650. The number of benzene rings is 3. The number of rotatable bonds is 6.